The standard InChI is InChI=1S/C71H96N4O9/c1-4-7-10-13-16-19-22-25-28-33-48-80-65-51-55(52-66(81-49-34-29-26-23-20-17-14-11-8-5-2)67(65)82-50-35-30-27-24-21-18-15-12-9-6-3)54-83-60-45-43-59(44-46-60)75-74-58-41-38-56(39-42-58)70(78)84-64-47-40-57(61-36-31-32-37-62(61)64)53-63-68(76)72-71(79)73-69(63)77/h31-32,36-47,51-53H,4-30,33-35,48-50,54H2,1-3H3,(H2,72,73,76,77,79). The van der Waals surface area contributed by atoms with Crippen LogP contribution < -0.4 is 34.3 Å². The Bertz CT molecular complexity index is 2740. The van der Waals surface area contributed by atoms with Gasteiger partial charge in [-0.05, 0) is 109 Å². The van der Waals surface area contributed by atoms with Crippen LogP contribution in [0.3, 0.4) is 0 Å². The summed E-state index contributed by atoms with van der Waals surface area (Å²) >= 11 is 0. The number of imide groups is 2. The van der Waals surface area contributed by atoms with Gasteiger partial charge in [0.2, 0.25) is 5.75 Å². The Balaban J connectivity index is 1.06. The van der Waals surface area contributed by atoms with Crippen molar-refractivity contribution in [2.45, 2.75) is 220 Å². The number of benzene rings is 5. The number of nitrogens with one attached hydrogen (secondary N) is 2. The highest BCUT2D eigenvalue weighted by Crippen LogP contribution is 2.40. The molecule has 454 valence electrons. The summed E-state index contributed by atoms with van der Waals surface area (Å²) in [4.78, 5) is 49.7. The molecule has 0 aliphatic carbocycles. The number of hydrogen-bond acceptors (Lipinski definition) is 11. The first kappa shape index (κ1) is 66.1. The van der Waals surface area contributed by atoms with Crippen LogP contribution in [0.5, 0.6) is 28.7 Å². The van der Waals surface area contributed by atoms with E-state index in [9.17, 15) is 19.2 Å². The largest absolute Gasteiger partial charge is 0.490 e. The monoisotopic (exact) mass is 1150 g/mol. The van der Waals surface area contributed by atoms with Crippen molar-refractivity contribution in [2.24, 2.45) is 10.2 Å². The van der Waals surface area contributed by atoms with E-state index >= 15 is 0 Å². The summed E-state index contributed by atoms with van der Waals surface area (Å²) < 4.78 is 32.1. The van der Waals surface area contributed by atoms with E-state index in [1.165, 1.54) is 160 Å². The van der Waals surface area contributed by atoms with Crippen molar-refractivity contribution in [3.63, 3.8) is 0 Å². The molecule has 1 fully saturated rings. The Morgan fingerprint density at radius 3 is 1.32 bits per heavy atom. The molecule has 13 heteroatoms. The number of fused-ring (bicyclic) bond motifs is 1. The van der Waals surface area contributed by atoms with Gasteiger partial charge in [0.25, 0.3) is 11.8 Å². The number of urea groups is 1. The summed E-state index contributed by atoms with van der Waals surface area (Å²) in [6, 6.07) is 27.7. The first-order chi connectivity index (χ1) is 41.3. The van der Waals surface area contributed by atoms with E-state index in [0.717, 1.165) is 55.6 Å². The minimum absolute atomic E-state index is 0.218. The van der Waals surface area contributed by atoms with Gasteiger partial charge in [0.05, 0.1) is 36.8 Å². The van der Waals surface area contributed by atoms with E-state index in [1.54, 1.807) is 60.7 Å². The van der Waals surface area contributed by atoms with Crippen LogP contribution in [0.25, 0.3) is 16.8 Å². The van der Waals surface area contributed by atoms with Crippen molar-refractivity contribution < 1.29 is 42.9 Å². The lowest BCUT2D eigenvalue weighted by Crippen LogP contribution is -2.51. The zero-order valence-electron chi connectivity index (χ0n) is 50.9. The SMILES string of the molecule is CCCCCCCCCCCCOc1cc(COc2ccc(N=Nc3ccc(C(=O)Oc4ccc(C=C5C(=O)NC(=O)NC5=O)c5ccccc45)cc3)cc2)cc(OCCCCCCCCCCCC)c1OCCCCCCCCCCCC. The second-order valence-electron chi connectivity index (χ2n) is 22.4. The molecule has 1 aliphatic rings. The Morgan fingerprint density at radius 2 is 0.857 bits per heavy atom. The molecule has 0 spiro atoms. The van der Waals surface area contributed by atoms with Gasteiger partial charge >= 0.3 is 12.0 Å². The second-order valence-corrected chi connectivity index (χ2v) is 22.4. The number of carbonyl (C=O) groups is 4. The molecule has 5 aromatic carbocycles. The van der Waals surface area contributed by atoms with Crippen molar-refractivity contribution in [1.29, 1.82) is 0 Å². The second kappa shape index (κ2) is 39.5. The van der Waals surface area contributed by atoms with E-state index in [2.05, 4.69) is 53.8 Å². The van der Waals surface area contributed by atoms with Gasteiger partial charge in [0.15, 0.2) is 11.5 Å². The predicted molar refractivity (Wildman–Crippen MR) is 338 cm³/mol. The number of ether oxygens (including phenoxy) is 5. The van der Waals surface area contributed by atoms with Gasteiger partial charge in [-0.2, -0.15) is 10.2 Å². The van der Waals surface area contributed by atoms with E-state index in [0.29, 0.717) is 77.0 Å². The fraction of sp³-hybridized carbons (Fsp3) is 0.521. The molecule has 0 radical (unpaired) electrons. The molecule has 0 bridgehead atoms. The number of azo groups is 1. The van der Waals surface area contributed by atoms with E-state index in [4.69, 9.17) is 23.7 Å². The summed E-state index contributed by atoms with van der Waals surface area (Å²) in [5, 5.41) is 14.2. The third-order valence-corrected chi connectivity index (χ3v) is 15.3. The highest BCUT2D eigenvalue weighted by molar-refractivity contribution is 6.31. The molecular formula is C71H96N4O9. The van der Waals surface area contributed by atoms with Gasteiger partial charge in [-0.15, -0.1) is 0 Å². The highest BCUT2D eigenvalue weighted by Gasteiger charge is 2.28. The Hall–Kier alpha value is -7.02. The Kier molecular flexibility index (Phi) is 31.1. The van der Waals surface area contributed by atoms with Crippen molar-refractivity contribution >= 4 is 52.0 Å². The van der Waals surface area contributed by atoms with Gasteiger partial charge in [0, 0.05) is 5.39 Å². The van der Waals surface area contributed by atoms with Crippen LogP contribution in [-0.2, 0) is 16.2 Å². The summed E-state index contributed by atoms with van der Waals surface area (Å²) in [5.74, 6) is 0.938. The fourth-order valence-electron chi connectivity index (χ4n) is 10.4. The minimum atomic E-state index is -0.876. The molecule has 6 rings (SSSR count). The first-order valence-corrected chi connectivity index (χ1v) is 32.2. The zero-order chi connectivity index (χ0) is 59.2. The predicted octanol–water partition coefficient (Wildman–Crippen LogP) is 19.7. The molecular weight excluding hydrogens is 1050 g/mol. The summed E-state index contributed by atoms with van der Waals surface area (Å²) in [7, 11) is 0. The molecule has 2 N–H and O–H groups in total. The van der Waals surface area contributed by atoms with Crippen LogP contribution >= 0.6 is 0 Å². The maximum absolute atomic E-state index is 13.4. The van der Waals surface area contributed by atoms with Crippen LogP contribution in [0.15, 0.2) is 113 Å². The number of barbiturate groups is 1. The fourth-order valence-corrected chi connectivity index (χ4v) is 10.4. The first-order valence-electron chi connectivity index (χ1n) is 32.2. The third kappa shape index (κ3) is 24.3. The lowest BCUT2D eigenvalue weighted by atomic mass is 10.0. The lowest BCUT2D eigenvalue weighted by Gasteiger charge is -2.19. The molecule has 0 unspecified atom stereocenters. The van der Waals surface area contributed by atoms with Gasteiger partial charge in [-0.1, -0.05) is 224 Å². The van der Waals surface area contributed by atoms with Crippen LogP contribution in [0.4, 0.5) is 16.2 Å². The molecule has 1 saturated heterocycles. The molecule has 1 heterocycles. The average Bonchev–Trinajstić information content (AvgIpc) is 3.68. The maximum Gasteiger partial charge on any atom is 0.343 e. The van der Waals surface area contributed by atoms with Gasteiger partial charge in [-0.3, -0.25) is 20.2 Å². The van der Waals surface area contributed by atoms with Crippen molar-refractivity contribution in [2.75, 3.05) is 19.8 Å². The quantitative estimate of drug-likeness (QED) is 0.00965. The van der Waals surface area contributed by atoms with Gasteiger partial charge < -0.3 is 23.7 Å². The number of amides is 4. The van der Waals surface area contributed by atoms with E-state index in [1.807, 2.05) is 24.3 Å². The number of nitrogens with zero attached hydrogens (tertiary/aromatic N) is 2. The van der Waals surface area contributed by atoms with Crippen LogP contribution in [0, 0.1) is 0 Å². The zero-order valence-corrected chi connectivity index (χ0v) is 50.9. The number of rotatable bonds is 44. The van der Waals surface area contributed by atoms with Gasteiger partial charge in [0.1, 0.15) is 23.7 Å². The maximum atomic E-state index is 13.4. The average molecular weight is 1150 g/mol. The highest BCUT2D eigenvalue weighted by atomic mass is 16.5. The minimum Gasteiger partial charge on any atom is -0.490 e. The Labute approximate surface area is 501 Å². The Morgan fingerprint density at radius 1 is 0.440 bits per heavy atom. The molecule has 13 nitrogen and oxygen atoms in total. The van der Waals surface area contributed by atoms with Crippen molar-refractivity contribution in [1.82, 2.24) is 10.6 Å². The summed E-state index contributed by atoms with van der Waals surface area (Å²) in [5.41, 5.74) is 2.73. The van der Waals surface area contributed by atoms with E-state index in [-0.39, 0.29) is 5.57 Å². The molecule has 1 aliphatic heterocycles. The van der Waals surface area contributed by atoms with Crippen LogP contribution in [-0.4, -0.2) is 43.6 Å². The van der Waals surface area contributed by atoms with Crippen LogP contribution in [0.2, 0.25) is 0 Å². The lowest BCUT2D eigenvalue weighted by molar-refractivity contribution is -0.123. The van der Waals surface area contributed by atoms with E-state index < -0.39 is 23.8 Å². The van der Waals surface area contributed by atoms with Crippen molar-refractivity contribution in [3.05, 3.63) is 119 Å². The summed E-state index contributed by atoms with van der Waals surface area (Å²) in [6.07, 6.45) is 39.3. The molecule has 0 atom stereocenters. The molecule has 0 aromatic heterocycles. The number of esters is 1. The normalized spacial score (nSPS) is 12.4. The smallest absolute Gasteiger partial charge is 0.343 e. The topological polar surface area (TPSA) is 163 Å². The van der Waals surface area contributed by atoms with Gasteiger partial charge in [-0.25, -0.2) is 9.59 Å². The molecule has 84 heavy (non-hydrogen) atoms. The van der Waals surface area contributed by atoms with Crippen LogP contribution in [0.1, 0.15) is 235 Å². The molecule has 4 amide bonds. The number of hydrogen-bond donors (Lipinski definition) is 2. The number of carbonyl (C=O) groups excluding carboxylic acids is 4. The molecule has 5 aromatic rings. The number of unbranched alkanes of at least 4 members (excludes halogenated alkanes) is 27. The molecule has 0 saturated carbocycles. The van der Waals surface area contributed by atoms with Crippen molar-refractivity contribution in [3.8, 4) is 28.7 Å². The third-order valence-electron chi connectivity index (χ3n) is 15.3. The summed E-state index contributed by atoms with van der Waals surface area (Å²) in [6.45, 7) is 8.98.